The number of hydrogen-bond acceptors (Lipinski definition) is 3. The van der Waals surface area contributed by atoms with Crippen LogP contribution in [0.2, 0.25) is 0 Å². The molecule has 2 aliphatic heterocycles. The van der Waals surface area contributed by atoms with Crippen LogP contribution in [0.1, 0.15) is 29.5 Å². The zero-order valence-electron chi connectivity index (χ0n) is 15.5. The number of halogens is 1. The number of carbonyl (C=O) groups excluding carboxylic acids is 2. The molecule has 4 nitrogen and oxygen atoms in total. The lowest BCUT2D eigenvalue weighted by molar-refractivity contribution is -0.120. The van der Waals surface area contributed by atoms with Crippen LogP contribution in [0, 0.1) is 19.7 Å². The molecule has 0 bridgehead atoms. The highest BCUT2D eigenvalue weighted by Crippen LogP contribution is 2.37. The maximum atomic E-state index is 13.4. The molecule has 2 amide bonds. The zero-order chi connectivity index (χ0) is 19.1. The van der Waals surface area contributed by atoms with E-state index in [0.29, 0.717) is 22.5 Å². The van der Waals surface area contributed by atoms with E-state index in [1.54, 1.807) is 18.2 Å². The van der Waals surface area contributed by atoms with Crippen molar-refractivity contribution >= 4 is 23.1 Å². The molecule has 5 heteroatoms. The normalized spacial score (nSPS) is 17.4. The van der Waals surface area contributed by atoms with Gasteiger partial charge in [-0.15, -0.1) is 0 Å². The van der Waals surface area contributed by atoms with Gasteiger partial charge in [0.2, 0.25) is 0 Å². The quantitative estimate of drug-likeness (QED) is 0.778. The molecule has 27 heavy (non-hydrogen) atoms. The van der Waals surface area contributed by atoms with Crippen LogP contribution in [0.15, 0.2) is 48.2 Å². The second-order valence-corrected chi connectivity index (χ2v) is 7.09. The molecular formula is C22H21FN2O2. The van der Waals surface area contributed by atoms with Gasteiger partial charge in [-0.25, -0.2) is 9.29 Å². The van der Waals surface area contributed by atoms with Gasteiger partial charge in [-0.1, -0.05) is 24.3 Å². The molecule has 2 aliphatic rings. The van der Waals surface area contributed by atoms with Crippen molar-refractivity contribution in [3.8, 4) is 0 Å². The Morgan fingerprint density at radius 2 is 1.56 bits per heavy atom. The summed E-state index contributed by atoms with van der Waals surface area (Å²) >= 11 is 0. The smallest absolute Gasteiger partial charge is 0.282 e. The minimum atomic E-state index is -0.370. The van der Waals surface area contributed by atoms with Gasteiger partial charge in [0.25, 0.3) is 11.8 Å². The third-order valence-electron chi connectivity index (χ3n) is 5.43. The van der Waals surface area contributed by atoms with Gasteiger partial charge in [0.15, 0.2) is 0 Å². The first kappa shape index (κ1) is 17.5. The van der Waals surface area contributed by atoms with Gasteiger partial charge < -0.3 is 4.90 Å². The van der Waals surface area contributed by atoms with Crippen LogP contribution in [0.5, 0.6) is 0 Å². The Labute approximate surface area is 157 Å². The lowest BCUT2D eigenvalue weighted by Crippen LogP contribution is -2.35. The molecule has 0 saturated carbocycles. The Balaban J connectivity index is 1.86. The highest BCUT2D eigenvalue weighted by Gasteiger charge is 2.43. The maximum absolute atomic E-state index is 13.4. The first-order chi connectivity index (χ1) is 13.0. The molecule has 4 rings (SSSR count). The van der Waals surface area contributed by atoms with E-state index in [1.807, 2.05) is 30.9 Å². The largest absolute Gasteiger partial charge is 0.366 e. The van der Waals surface area contributed by atoms with Gasteiger partial charge in [-0.3, -0.25) is 9.59 Å². The molecule has 0 aliphatic carbocycles. The fraction of sp³-hybridized carbons (Fsp3) is 0.273. The van der Waals surface area contributed by atoms with Crippen molar-refractivity contribution in [2.24, 2.45) is 0 Å². The Kier molecular flexibility index (Phi) is 4.30. The van der Waals surface area contributed by atoms with Crippen molar-refractivity contribution in [1.29, 1.82) is 0 Å². The summed E-state index contributed by atoms with van der Waals surface area (Å²) in [6, 6.07) is 11.4. The Morgan fingerprint density at radius 3 is 2.22 bits per heavy atom. The number of imide groups is 1. The molecule has 0 spiro atoms. The van der Waals surface area contributed by atoms with Crippen LogP contribution >= 0.6 is 0 Å². The third-order valence-corrected chi connectivity index (χ3v) is 5.43. The van der Waals surface area contributed by atoms with Crippen molar-refractivity contribution < 1.29 is 14.0 Å². The molecule has 1 saturated heterocycles. The van der Waals surface area contributed by atoms with Crippen LogP contribution in [-0.4, -0.2) is 29.8 Å². The second kappa shape index (κ2) is 6.65. The molecule has 0 atom stereocenters. The number of anilines is 1. The number of nitrogens with zero attached hydrogens (tertiary/aromatic N) is 2. The van der Waals surface area contributed by atoms with E-state index >= 15 is 0 Å². The summed E-state index contributed by atoms with van der Waals surface area (Å²) in [7, 11) is 0. The molecule has 2 aromatic rings. The van der Waals surface area contributed by atoms with E-state index in [-0.39, 0.29) is 17.6 Å². The van der Waals surface area contributed by atoms with E-state index in [0.717, 1.165) is 37.1 Å². The first-order valence-corrected chi connectivity index (χ1v) is 9.19. The summed E-state index contributed by atoms with van der Waals surface area (Å²) < 4.78 is 13.4. The average molecular weight is 364 g/mol. The van der Waals surface area contributed by atoms with Crippen LogP contribution in [0.25, 0.3) is 5.57 Å². The summed E-state index contributed by atoms with van der Waals surface area (Å²) in [6.07, 6.45) is 1.98. The number of rotatable bonds is 3. The SMILES string of the molecule is Cc1cccc(N2C(=O)C(c3ccc(F)cc3)=C(N3CCCC3)C2=O)c1C. The van der Waals surface area contributed by atoms with Gasteiger partial charge in [0, 0.05) is 13.1 Å². The number of aryl methyl sites for hydroxylation is 1. The molecule has 1 fully saturated rings. The predicted molar refractivity (Wildman–Crippen MR) is 103 cm³/mol. The van der Waals surface area contributed by atoms with Gasteiger partial charge in [0.1, 0.15) is 11.5 Å². The van der Waals surface area contributed by atoms with E-state index in [9.17, 15) is 14.0 Å². The first-order valence-electron chi connectivity index (χ1n) is 9.19. The maximum Gasteiger partial charge on any atom is 0.282 e. The van der Waals surface area contributed by atoms with Crippen LogP contribution in [0.4, 0.5) is 10.1 Å². The van der Waals surface area contributed by atoms with Gasteiger partial charge in [0.05, 0.1) is 11.3 Å². The van der Waals surface area contributed by atoms with E-state index in [1.165, 1.54) is 17.0 Å². The Morgan fingerprint density at radius 1 is 0.889 bits per heavy atom. The number of benzene rings is 2. The van der Waals surface area contributed by atoms with Crippen LogP contribution < -0.4 is 4.90 Å². The van der Waals surface area contributed by atoms with E-state index in [4.69, 9.17) is 0 Å². The molecular weight excluding hydrogens is 343 g/mol. The lowest BCUT2D eigenvalue weighted by Gasteiger charge is -2.21. The molecule has 0 N–H and O–H groups in total. The summed E-state index contributed by atoms with van der Waals surface area (Å²) in [6.45, 7) is 5.37. The van der Waals surface area contributed by atoms with Crippen LogP contribution in [0.3, 0.4) is 0 Å². The molecule has 2 heterocycles. The van der Waals surface area contributed by atoms with E-state index < -0.39 is 0 Å². The summed E-state index contributed by atoms with van der Waals surface area (Å²) in [5, 5.41) is 0. The van der Waals surface area contributed by atoms with Crippen molar-refractivity contribution in [2.75, 3.05) is 18.0 Å². The molecule has 2 aromatic carbocycles. The number of amides is 2. The average Bonchev–Trinajstić information content (AvgIpc) is 3.25. The Bertz CT molecular complexity index is 957. The monoisotopic (exact) mass is 364 g/mol. The van der Waals surface area contributed by atoms with Crippen molar-refractivity contribution in [1.82, 2.24) is 4.90 Å². The fourth-order valence-electron chi connectivity index (χ4n) is 3.83. The van der Waals surface area contributed by atoms with Crippen molar-refractivity contribution in [3.05, 3.63) is 70.7 Å². The number of likely N-dealkylation sites (tertiary alicyclic amines) is 1. The third kappa shape index (κ3) is 2.83. The predicted octanol–water partition coefficient (Wildman–Crippen LogP) is 3.82. The summed E-state index contributed by atoms with van der Waals surface area (Å²) in [5.74, 6) is -1.01. The molecule has 0 unspecified atom stereocenters. The summed E-state index contributed by atoms with van der Waals surface area (Å²) in [4.78, 5) is 30.0. The minimum Gasteiger partial charge on any atom is -0.366 e. The number of hydrogen-bond donors (Lipinski definition) is 0. The topological polar surface area (TPSA) is 40.6 Å². The summed E-state index contributed by atoms with van der Waals surface area (Å²) in [5.41, 5.74) is 3.91. The van der Waals surface area contributed by atoms with Crippen molar-refractivity contribution in [2.45, 2.75) is 26.7 Å². The zero-order valence-corrected chi connectivity index (χ0v) is 15.5. The fourth-order valence-corrected chi connectivity index (χ4v) is 3.83. The lowest BCUT2D eigenvalue weighted by atomic mass is 10.0. The van der Waals surface area contributed by atoms with Gasteiger partial charge in [-0.05, 0) is 61.6 Å². The Hall–Kier alpha value is -2.95. The minimum absolute atomic E-state index is 0.296. The molecule has 138 valence electrons. The highest BCUT2D eigenvalue weighted by atomic mass is 19.1. The molecule has 0 radical (unpaired) electrons. The standard InChI is InChI=1S/C22H21FN2O2/c1-14-6-5-7-18(15(14)2)25-21(26)19(16-8-10-17(23)11-9-16)20(22(25)27)24-12-3-4-13-24/h5-11H,3-4,12-13H2,1-2H3. The molecule has 0 aromatic heterocycles. The number of carbonyl (C=O) groups is 2. The van der Waals surface area contributed by atoms with Gasteiger partial charge in [-0.2, -0.15) is 0 Å². The highest BCUT2D eigenvalue weighted by molar-refractivity contribution is 6.45. The van der Waals surface area contributed by atoms with Crippen LogP contribution in [-0.2, 0) is 9.59 Å². The van der Waals surface area contributed by atoms with Crippen molar-refractivity contribution in [3.63, 3.8) is 0 Å². The van der Waals surface area contributed by atoms with Gasteiger partial charge >= 0.3 is 0 Å². The van der Waals surface area contributed by atoms with E-state index in [2.05, 4.69) is 0 Å². The second-order valence-electron chi connectivity index (χ2n) is 7.09.